The number of hydrogen-bond acceptors (Lipinski definition) is 5. The second-order valence-electron chi connectivity index (χ2n) is 4.48. The molecule has 1 rings (SSSR count). The SMILES string of the molecule is COCCN(CCO)C(=O)CCS(=O)(=O)c1ccccc1. The molecule has 0 saturated heterocycles. The molecule has 0 spiro atoms. The summed E-state index contributed by atoms with van der Waals surface area (Å²) in [5.74, 6) is -0.550. The zero-order chi connectivity index (χ0) is 15.7. The molecular formula is C14H21NO5S. The maximum atomic E-state index is 12.1. The van der Waals surface area contributed by atoms with Crippen molar-refractivity contribution in [1.29, 1.82) is 0 Å². The lowest BCUT2D eigenvalue weighted by atomic mass is 10.3. The van der Waals surface area contributed by atoms with E-state index in [0.717, 1.165) is 0 Å². The lowest BCUT2D eigenvalue weighted by molar-refractivity contribution is -0.131. The summed E-state index contributed by atoms with van der Waals surface area (Å²) in [6, 6.07) is 8.04. The number of amides is 1. The van der Waals surface area contributed by atoms with Crippen LogP contribution < -0.4 is 0 Å². The Kier molecular flexibility index (Phi) is 7.35. The first kappa shape index (κ1) is 17.6. The van der Waals surface area contributed by atoms with Crippen LogP contribution in [0.4, 0.5) is 0 Å². The van der Waals surface area contributed by atoms with Gasteiger partial charge in [0.15, 0.2) is 9.84 Å². The lowest BCUT2D eigenvalue weighted by Crippen LogP contribution is -2.37. The summed E-state index contributed by atoms with van der Waals surface area (Å²) in [4.78, 5) is 13.6. The number of aliphatic hydroxyl groups excluding tert-OH is 1. The summed E-state index contributed by atoms with van der Waals surface area (Å²) < 4.78 is 29.1. The standard InChI is InChI=1S/C14H21NO5S/c1-20-11-9-15(8-10-16)14(17)7-12-21(18,19)13-5-3-2-4-6-13/h2-6,16H,7-12H2,1H3. The zero-order valence-corrected chi connectivity index (χ0v) is 12.9. The van der Waals surface area contributed by atoms with E-state index >= 15 is 0 Å². The first-order valence-electron chi connectivity index (χ1n) is 6.66. The van der Waals surface area contributed by atoms with Gasteiger partial charge in [-0.05, 0) is 12.1 Å². The van der Waals surface area contributed by atoms with Crippen LogP contribution in [0.15, 0.2) is 35.2 Å². The van der Waals surface area contributed by atoms with Crippen molar-refractivity contribution in [3.05, 3.63) is 30.3 Å². The number of carbonyl (C=O) groups excluding carboxylic acids is 1. The van der Waals surface area contributed by atoms with Gasteiger partial charge in [0.05, 0.1) is 23.9 Å². The highest BCUT2D eigenvalue weighted by molar-refractivity contribution is 7.91. The van der Waals surface area contributed by atoms with Crippen molar-refractivity contribution in [2.45, 2.75) is 11.3 Å². The molecule has 0 fully saturated rings. The molecule has 0 aliphatic rings. The average Bonchev–Trinajstić information content (AvgIpc) is 2.50. The molecular weight excluding hydrogens is 294 g/mol. The Morgan fingerprint density at radius 3 is 2.48 bits per heavy atom. The number of hydrogen-bond donors (Lipinski definition) is 1. The second kappa shape index (κ2) is 8.76. The normalized spacial score (nSPS) is 11.3. The molecule has 21 heavy (non-hydrogen) atoms. The van der Waals surface area contributed by atoms with Gasteiger partial charge in [0.2, 0.25) is 5.91 Å². The molecule has 0 aliphatic carbocycles. The van der Waals surface area contributed by atoms with Crippen molar-refractivity contribution < 1.29 is 23.1 Å². The fourth-order valence-electron chi connectivity index (χ4n) is 1.81. The fraction of sp³-hybridized carbons (Fsp3) is 0.500. The van der Waals surface area contributed by atoms with Gasteiger partial charge in [-0.3, -0.25) is 4.79 Å². The van der Waals surface area contributed by atoms with Gasteiger partial charge in [0, 0.05) is 26.6 Å². The van der Waals surface area contributed by atoms with E-state index in [1.807, 2.05) is 0 Å². The molecule has 0 atom stereocenters. The molecule has 0 radical (unpaired) electrons. The minimum Gasteiger partial charge on any atom is -0.395 e. The quantitative estimate of drug-likeness (QED) is 0.709. The van der Waals surface area contributed by atoms with E-state index in [9.17, 15) is 13.2 Å². The maximum Gasteiger partial charge on any atom is 0.223 e. The van der Waals surface area contributed by atoms with Gasteiger partial charge in [0.1, 0.15) is 0 Å². The summed E-state index contributed by atoms with van der Waals surface area (Å²) >= 11 is 0. The van der Waals surface area contributed by atoms with Crippen molar-refractivity contribution in [2.75, 3.05) is 39.2 Å². The molecule has 1 aromatic rings. The highest BCUT2D eigenvalue weighted by Crippen LogP contribution is 2.11. The van der Waals surface area contributed by atoms with Crippen LogP contribution in [-0.2, 0) is 19.4 Å². The molecule has 1 aromatic carbocycles. The molecule has 6 nitrogen and oxygen atoms in total. The molecule has 0 saturated carbocycles. The van der Waals surface area contributed by atoms with Crippen LogP contribution in [0.3, 0.4) is 0 Å². The van der Waals surface area contributed by atoms with Gasteiger partial charge < -0.3 is 14.7 Å². The Morgan fingerprint density at radius 1 is 1.24 bits per heavy atom. The van der Waals surface area contributed by atoms with E-state index in [0.29, 0.717) is 13.2 Å². The highest BCUT2D eigenvalue weighted by Gasteiger charge is 2.19. The minimum absolute atomic E-state index is 0.110. The van der Waals surface area contributed by atoms with Crippen molar-refractivity contribution in [1.82, 2.24) is 4.90 Å². The van der Waals surface area contributed by atoms with E-state index in [2.05, 4.69) is 0 Å². The number of benzene rings is 1. The maximum absolute atomic E-state index is 12.1. The third-order valence-corrected chi connectivity index (χ3v) is 4.71. The van der Waals surface area contributed by atoms with Gasteiger partial charge in [-0.15, -0.1) is 0 Å². The number of sulfone groups is 1. The van der Waals surface area contributed by atoms with Crippen molar-refractivity contribution in [3.63, 3.8) is 0 Å². The summed E-state index contributed by atoms with van der Waals surface area (Å²) in [7, 11) is -1.95. The third-order valence-electron chi connectivity index (χ3n) is 2.97. The molecule has 0 bridgehead atoms. The molecule has 7 heteroatoms. The van der Waals surface area contributed by atoms with E-state index in [4.69, 9.17) is 9.84 Å². The Bertz CT molecular complexity index is 530. The van der Waals surface area contributed by atoms with E-state index in [1.54, 1.807) is 18.2 Å². The van der Waals surface area contributed by atoms with Gasteiger partial charge in [-0.2, -0.15) is 0 Å². The summed E-state index contributed by atoms with van der Waals surface area (Å²) in [6.07, 6.45) is -0.110. The lowest BCUT2D eigenvalue weighted by Gasteiger charge is -2.21. The van der Waals surface area contributed by atoms with Crippen LogP contribution >= 0.6 is 0 Å². The van der Waals surface area contributed by atoms with Crippen molar-refractivity contribution in [2.24, 2.45) is 0 Å². The number of methoxy groups -OCH3 is 1. The smallest absolute Gasteiger partial charge is 0.223 e. The molecule has 0 aromatic heterocycles. The predicted molar refractivity (Wildman–Crippen MR) is 78.7 cm³/mol. The fourth-order valence-corrected chi connectivity index (χ4v) is 3.06. The van der Waals surface area contributed by atoms with E-state index in [-0.39, 0.29) is 36.1 Å². The Morgan fingerprint density at radius 2 is 1.90 bits per heavy atom. The summed E-state index contributed by atoms with van der Waals surface area (Å²) in [6.45, 7) is 0.687. The van der Waals surface area contributed by atoms with Crippen molar-refractivity contribution >= 4 is 15.7 Å². The number of carbonyl (C=O) groups is 1. The number of nitrogens with zero attached hydrogens (tertiary/aromatic N) is 1. The average molecular weight is 315 g/mol. The van der Waals surface area contributed by atoms with Crippen LogP contribution in [-0.4, -0.2) is 63.5 Å². The second-order valence-corrected chi connectivity index (χ2v) is 6.59. The number of rotatable bonds is 9. The van der Waals surface area contributed by atoms with Crippen LogP contribution in [0.2, 0.25) is 0 Å². The molecule has 1 N–H and O–H groups in total. The van der Waals surface area contributed by atoms with E-state index in [1.165, 1.54) is 24.1 Å². The molecule has 0 aliphatic heterocycles. The minimum atomic E-state index is -3.47. The van der Waals surface area contributed by atoms with Crippen LogP contribution in [0.1, 0.15) is 6.42 Å². The van der Waals surface area contributed by atoms with Crippen molar-refractivity contribution in [3.8, 4) is 0 Å². The Balaban J connectivity index is 2.61. The number of aliphatic hydroxyl groups is 1. The van der Waals surface area contributed by atoms with Gasteiger partial charge >= 0.3 is 0 Å². The topological polar surface area (TPSA) is 83.9 Å². The summed E-state index contributed by atoms with van der Waals surface area (Å²) in [5.41, 5.74) is 0. The van der Waals surface area contributed by atoms with Gasteiger partial charge in [-0.1, -0.05) is 18.2 Å². The molecule has 118 valence electrons. The predicted octanol–water partition coefficient (Wildman–Crippen LogP) is 0.318. The highest BCUT2D eigenvalue weighted by atomic mass is 32.2. The molecule has 0 heterocycles. The van der Waals surface area contributed by atoms with Gasteiger partial charge in [-0.25, -0.2) is 8.42 Å². The molecule has 1 amide bonds. The monoisotopic (exact) mass is 315 g/mol. The first-order chi connectivity index (χ1) is 10.0. The van der Waals surface area contributed by atoms with E-state index < -0.39 is 9.84 Å². The van der Waals surface area contributed by atoms with Crippen LogP contribution in [0.5, 0.6) is 0 Å². The Labute approximate surface area is 125 Å². The van der Waals surface area contributed by atoms with Gasteiger partial charge in [0.25, 0.3) is 0 Å². The Hall–Kier alpha value is -1.44. The summed E-state index contributed by atoms with van der Waals surface area (Å²) in [5, 5.41) is 8.94. The largest absolute Gasteiger partial charge is 0.395 e. The third kappa shape index (κ3) is 5.82. The number of ether oxygens (including phenoxy) is 1. The first-order valence-corrected chi connectivity index (χ1v) is 8.32. The zero-order valence-electron chi connectivity index (χ0n) is 12.1. The van der Waals surface area contributed by atoms with Crippen LogP contribution in [0.25, 0.3) is 0 Å². The molecule has 0 unspecified atom stereocenters. The van der Waals surface area contributed by atoms with Crippen LogP contribution in [0, 0.1) is 0 Å².